The highest BCUT2D eigenvalue weighted by Gasteiger charge is 2.09. The molecule has 0 atom stereocenters. The van der Waals surface area contributed by atoms with Crippen LogP contribution in [0.2, 0.25) is 0 Å². The van der Waals surface area contributed by atoms with Gasteiger partial charge in [-0.05, 0) is 28.7 Å². The average molecular weight is 415 g/mol. The van der Waals surface area contributed by atoms with Gasteiger partial charge in [0.25, 0.3) is 0 Å². The Balaban J connectivity index is 1.55. The Hall–Kier alpha value is -3.86. The van der Waals surface area contributed by atoms with Crippen LogP contribution in [0.3, 0.4) is 0 Å². The van der Waals surface area contributed by atoms with E-state index in [0.717, 1.165) is 25.2 Å². The van der Waals surface area contributed by atoms with E-state index >= 15 is 0 Å². The smallest absolute Gasteiger partial charge is 0.140 e. The molecule has 4 aromatic rings. The molecule has 0 saturated heterocycles. The van der Waals surface area contributed by atoms with Crippen molar-refractivity contribution in [2.45, 2.75) is 13.1 Å². The third-order valence-electron chi connectivity index (χ3n) is 5.42. The highest BCUT2D eigenvalue weighted by molar-refractivity contribution is 5.81. The Labute approximate surface area is 191 Å². The summed E-state index contributed by atoms with van der Waals surface area (Å²) in [7, 11) is 0. The fourth-order valence-electron chi connectivity index (χ4n) is 3.82. The number of benzene rings is 4. The Morgan fingerprint density at radius 3 is 1.41 bits per heavy atom. The second-order valence-electron chi connectivity index (χ2n) is 7.86. The number of hydrogen-bond donors (Lipinski definition) is 1. The van der Waals surface area contributed by atoms with Crippen LogP contribution in [0, 0.1) is 11.8 Å². The monoisotopic (exact) mass is 414 g/mol. The van der Waals surface area contributed by atoms with Gasteiger partial charge in [-0.15, -0.1) is 0 Å². The first kappa shape index (κ1) is 21.4. The van der Waals surface area contributed by atoms with E-state index in [1.165, 1.54) is 27.2 Å². The average Bonchev–Trinajstić information content (AvgIpc) is 2.86. The lowest BCUT2D eigenvalue weighted by atomic mass is 9.98. The van der Waals surface area contributed by atoms with Crippen LogP contribution in [0.4, 0.5) is 0 Å². The SMILES string of the molecule is C(#CC[NH+](Cc1ccccc1)Cc1ccccc1)C=C(c1ccccc1)c1ccccc1. The molecule has 0 fully saturated rings. The van der Waals surface area contributed by atoms with Crippen LogP contribution < -0.4 is 4.90 Å². The Bertz CT molecular complexity index is 1090. The second kappa shape index (κ2) is 11.5. The second-order valence-corrected chi connectivity index (χ2v) is 7.86. The Kier molecular flexibility index (Phi) is 7.69. The third kappa shape index (κ3) is 6.32. The van der Waals surface area contributed by atoms with E-state index in [2.05, 4.69) is 127 Å². The maximum absolute atomic E-state index is 3.43. The summed E-state index contributed by atoms with van der Waals surface area (Å²) in [5.41, 5.74) is 6.21. The molecule has 0 aliphatic rings. The van der Waals surface area contributed by atoms with Gasteiger partial charge in [-0.2, -0.15) is 0 Å². The van der Waals surface area contributed by atoms with E-state index in [9.17, 15) is 0 Å². The van der Waals surface area contributed by atoms with Crippen LogP contribution in [-0.4, -0.2) is 6.54 Å². The minimum Gasteiger partial charge on any atom is -0.317 e. The molecule has 0 unspecified atom stereocenters. The molecular weight excluding hydrogens is 386 g/mol. The normalized spacial score (nSPS) is 10.3. The van der Waals surface area contributed by atoms with Crippen LogP contribution in [0.5, 0.6) is 0 Å². The van der Waals surface area contributed by atoms with Crippen LogP contribution in [0.1, 0.15) is 22.3 Å². The van der Waals surface area contributed by atoms with Crippen molar-refractivity contribution in [2.75, 3.05) is 6.54 Å². The summed E-state index contributed by atoms with van der Waals surface area (Å²) in [6, 6.07) is 42.3. The van der Waals surface area contributed by atoms with Gasteiger partial charge in [-0.1, -0.05) is 127 Å². The topological polar surface area (TPSA) is 4.44 Å². The van der Waals surface area contributed by atoms with E-state index < -0.39 is 0 Å². The van der Waals surface area contributed by atoms with Crippen molar-refractivity contribution in [3.63, 3.8) is 0 Å². The molecule has 0 amide bonds. The van der Waals surface area contributed by atoms with Crippen molar-refractivity contribution < 1.29 is 4.90 Å². The van der Waals surface area contributed by atoms with Gasteiger partial charge >= 0.3 is 0 Å². The van der Waals surface area contributed by atoms with Gasteiger partial charge < -0.3 is 4.90 Å². The molecule has 1 nitrogen and oxygen atoms in total. The van der Waals surface area contributed by atoms with Crippen LogP contribution in [0.15, 0.2) is 127 Å². The number of quaternary nitrogens is 1. The van der Waals surface area contributed by atoms with Gasteiger partial charge in [0.1, 0.15) is 19.6 Å². The largest absolute Gasteiger partial charge is 0.317 e. The van der Waals surface area contributed by atoms with Crippen molar-refractivity contribution in [1.82, 2.24) is 0 Å². The third-order valence-corrected chi connectivity index (χ3v) is 5.42. The molecule has 156 valence electrons. The van der Waals surface area contributed by atoms with Gasteiger partial charge in [0.2, 0.25) is 0 Å². The summed E-state index contributed by atoms with van der Waals surface area (Å²) in [6.45, 7) is 2.70. The molecule has 0 radical (unpaired) electrons. The zero-order valence-electron chi connectivity index (χ0n) is 18.2. The number of allylic oxidation sites excluding steroid dienone is 1. The van der Waals surface area contributed by atoms with Gasteiger partial charge in [0.05, 0.1) is 0 Å². The molecule has 32 heavy (non-hydrogen) atoms. The minimum atomic E-state index is 0.789. The predicted molar refractivity (Wildman–Crippen MR) is 134 cm³/mol. The summed E-state index contributed by atoms with van der Waals surface area (Å²) >= 11 is 0. The van der Waals surface area contributed by atoms with E-state index in [1.807, 2.05) is 12.1 Å². The summed E-state index contributed by atoms with van der Waals surface area (Å²) < 4.78 is 0. The van der Waals surface area contributed by atoms with E-state index in [-0.39, 0.29) is 0 Å². The Morgan fingerprint density at radius 1 is 0.562 bits per heavy atom. The maximum Gasteiger partial charge on any atom is 0.140 e. The number of nitrogens with one attached hydrogen (secondary N) is 1. The highest BCUT2D eigenvalue weighted by atomic mass is 15.1. The first-order chi connectivity index (χ1) is 15.9. The predicted octanol–water partition coefficient (Wildman–Crippen LogP) is 5.41. The van der Waals surface area contributed by atoms with Gasteiger partial charge in [0, 0.05) is 11.1 Å². The fraction of sp³-hybridized carbons (Fsp3) is 0.0968. The molecule has 0 spiro atoms. The lowest BCUT2D eigenvalue weighted by Crippen LogP contribution is -3.09. The number of hydrogen-bond acceptors (Lipinski definition) is 0. The lowest BCUT2D eigenvalue weighted by Gasteiger charge is -2.17. The van der Waals surface area contributed by atoms with E-state index in [0.29, 0.717) is 0 Å². The van der Waals surface area contributed by atoms with Gasteiger partial charge in [-0.3, -0.25) is 0 Å². The van der Waals surface area contributed by atoms with Crippen LogP contribution >= 0.6 is 0 Å². The molecule has 4 aromatic carbocycles. The summed E-state index contributed by atoms with van der Waals surface area (Å²) in [6.07, 6.45) is 2.06. The molecule has 0 saturated carbocycles. The summed E-state index contributed by atoms with van der Waals surface area (Å²) in [5, 5.41) is 0. The molecule has 1 N–H and O–H groups in total. The van der Waals surface area contributed by atoms with Crippen molar-refractivity contribution in [2.24, 2.45) is 0 Å². The highest BCUT2D eigenvalue weighted by Crippen LogP contribution is 2.22. The zero-order valence-corrected chi connectivity index (χ0v) is 18.2. The molecule has 0 aliphatic heterocycles. The van der Waals surface area contributed by atoms with Crippen LogP contribution in [0.25, 0.3) is 5.57 Å². The minimum absolute atomic E-state index is 0.789. The molecule has 4 rings (SSSR count). The Morgan fingerprint density at radius 2 is 0.969 bits per heavy atom. The van der Waals surface area contributed by atoms with Gasteiger partial charge in [-0.25, -0.2) is 0 Å². The molecule has 0 aliphatic carbocycles. The molecule has 0 bridgehead atoms. The summed E-state index contributed by atoms with van der Waals surface area (Å²) in [5.74, 6) is 6.78. The first-order valence-electron chi connectivity index (χ1n) is 11.1. The zero-order chi connectivity index (χ0) is 21.8. The summed E-state index contributed by atoms with van der Waals surface area (Å²) in [4.78, 5) is 1.43. The maximum atomic E-state index is 3.43. The number of rotatable bonds is 7. The standard InChI is InChI=1S/C31H27N/c1-5-15-27(16-6-1)25-32(26-28-17-7-2-8-18-28)24-14-13-23-31(29-19-9-3-10-20-29)30-21-11-4-12-22-30/h1-12,15-23H,24-26H2/p+1. The molecule has 0 aromatic heterocycles. The molecule has 0 heterocycles. The molecule has 1 heteroatoms. The lowest BCUT2D eigenvalue weighted by molar-refractivity contribution is -0.920. The van der Waals surface area contributed by atoms with Crippen LogP contribution in [-0.2, 0) is 13.1 Å². The first-order valence-corrected chi connectivity index (χ1v) is 11.1. The van der Waals surface area contributed by atoms with Crippen molar-refractivity contribution in [1.29, 1.82) is 0 Å². The van der Waals surface area contributed by atoms with Gasteiger partial charge in [0.15, 0.2) is 0 Å². The van der Waals surface area contributed by atoms with Crippen molar-refractivity contribution in [3.05, 3.63) is 150 Å². The van der Waals surface area contributed by atoms with Crippen molar-refractivity contribution in [3.8, 4) is 11.8 Å². The van der Waals surface area contributed by atoms with E-state index in [1.54, 1.807) is 0 Å². The quantitative estimate of drug-likeness (QED) is 0.386. The molecular formula is C31H28N+. The fourth-order valence-corrected chi connectivity index (χ4v) is 3.82. The van der Waals surface area contributed by atoms with Crippen molar-refractivity contribution >= 4 is 5.57 Å². The van der Waals surface area contributed by atoms with E-state index in [4.69, 9.17) is 0 Å².